The molecular formula is C10H15Sb. The summed E-state index contributed by atoms with van der Waals surface area (Å²) in [6, 6.07) is 0. The molecule has 0 aliphatic heterocycles. The second kappa shape index (κ2) is 3.28. The molecule has 60 valence electrons. The van der Waals surface area contributed by atoms with E-state index < -0.39 is 17.4 Å². The quantitative estimate of drug-likeness (QED) is 0.664. The van der Waals surface area contributed by atoms with E-state index >= 15 is 0 Å². The van der Waals surface area contributed by atoms with Crippen molar-refractivity contribution in [3.05, 3.63) is 53.0 Å². The zero-order valence-electron chi connectivity index (χ0n) is 6.87. The van der Waals surface area contributed by atoms with Crippen LogP contribution in [0, 0.1) is 0 Å². The Hall–Kier alpha value is -0.482. The van der Waals surface area contributed by atoms with Crippen molar-refractivity contribution >= 4 is 17.4 Å². The molecule has 0 heterocycles. The Labute approximate surface area is 70.4 Å². The molecule has 0 aromatic rings. The Morgan fingerprint density at radius 3 is 0.727 bits per heavy atom. The molecule has 1 heteroatoms. The van der Waals surface area contributed by atoms with Crippen molar-refractivity contribution in [1.82, 2.24) is 0 Å². The third-order valence-electron chi connectivity index (χ3n) is 2.11. The van der Waals surface area contributed by atoms with E-state index in [4.69, 9.17) is 0 Å². The van der Waals surface area contributed by atoms with Gasteiger partial charge in [0, 0.05) is 0 Å². The third-order valence-corrected chi connectivity index (χ3v) is 14.1. The Balaban J connectivity index is 5.51. The zero-order valence-corrected chi connectivity index (χ0v) is 9.42. The van der Waals surface area contributed by atoms with Crippen LogP contribution in [0.15, 0.2) is 53.0 Å². The van der Waals surface area contributed by atoms with Crippen molar-refractivity contribution in [2.75, 3.05) is 0 Å². The molecule has 0 spiro atoms. The van der Waals surface area contributed by atoms with Crippen LogP contribution in [0.4, 0.5) is 0 Å². The first-order valence-corrected chi connectivity index (χ1v) is 10.7. The predicted octanol–water partition coefficient (Wildman–Crippen LogP) is 3.02. The van der Waals surface area contributed by atoms with Crippen LogP contribution in [0.2, 0.25) is 0 Å². The van der Waals surface area contributed by atoms with Crippen LogP contribution >= 0.6 is 0 Å². The van der Waals surface area contributed by atoms with Gasteiger partial charge in [0.15, 0.2) is 0 Å². The Morgan fingerprint density at radius 1 is 0.545 bits per heavy atom. The Bertz CT molecular complexity index is 159. The fourth-order valence-electron chi connectivity index (χ4n) is 0.745. The van der Waals surface area contributed by atoms with Gasteiger partial charge in [-0.15, -0.1) is 0 Å². The van der Waals surface area contributed by atoms with E-state index in [9.17, 15) is 0 Å². The summed E-state index contributed by atoms with van der Waals surface area (Å²) in [5.74, 6) is 0. The molecule has 0 aromatic carbocycles. The van der Waals surface area contributed by atoms with Gasteiger partial charge < -0.3 is 0 Å². The van der Waals surface area contributed by atoms with Crippen LogP contribution in [0.3, 0.4) is 0 Å². The minimum atomic E-state index is -3.16. The number of rotatable bonds is 5. The van der Waals surface area contributed by atoms with E-state index in [1.807, 2.05) is 20.1 Å². The van der Waals surface area contributed by atoms with Crippen LogP contribution in [-0.2, 0) is 0 Å². The molecule has 0 unspecified atom stereocenters. The summed E-state index contributed by atoms with van der Waals surface area (Å²) in [5.41, 5.74) is 0. The van der Waals surface area contributed by atoms with E-state index in [-0.39, 0.29) is 0 Å². The van der Waals surface area contributed by atoms with Crippen molar-refractivity contribution in [1.29, 1.82) is 0 Å². The van der Waals surface area contributed by atoms with Crippen LogP contribution in [-0.4, -0.2) is 17.4 Å². The van der Waals surface area contributed by atoms with Crippen molar-refractivity contribution in [3.8, 4) is 0 Å². The van der Waals surface area contributed by atoms with Crippen molar-refractivity contribution in [3.63, 3.8) is 0 Å². The van der Waals surface area contributed by atoms with Gasteiger partial charge in [-0.25, -0.2) is 0 Å². The molecule has 0 N–H and O–H groups in total. The van der Waals surface area contributed by atoms with Crippen molar-refractivity contribution in [2.24, 2.45) is 0 Å². The first-order chi connectivity index (χ1) is 5.12. The monoisotopic (exact) mass is 256 g/mol. The molecule has 0 aliphatic carbocycles. The SMILES string of the molecule is C=[CH][Sb]([CH]=C)([CH]=C)([CH]=C)[CH]=C. The average Bonchev–Trinajstić information content (AvgIpc) is 2.12. The summed E-state index contributed by atoms with van der Waals surface area (Å²) in [6.45, 7) is 19.0. The third kappa shape index (κ3) is 1.41. The van der Waals surface area contributed by atoms with Gasteiger partial charge in [-0.1, -0.05) is 0 Å². The summed E-state index contributed by atoms with van der Waals surface area (Å²) < 4.78 is 9.55. The van der Waals surface area contributed by atoms with E-state index in [1.165, 1.54) is 0 Å². The summed E-state index contributed by atoms with van der Waals surface area (Å²) >= 11 is -3.16. The van der Waals surface area contributed by atoms with E-state index in [0.717, 1.165) is 0 Å². The molecule has 0 aromatic heterocycles. The zero-order chi connectivity index (χ0) is 8.98. The van der Waals surface area contributed by atoms with Gasteiger partial charge in [0.05, 0.1) is 0 Å². The maximum atomic E-state index is 3.79. The molecular weight excluding hydrogens is 242 g/mol. The summed E-state index contributed by atoms with van der Waals surface area (Å²) in [5, 5.41) is 0. The average molecular weight is 257 g/mol. The molecule has 0 atom stereocenters. The van der Waals surface area contributed by atoms with E-state index in [1.54, 1.807) is 0 Å². The van der Waals surface area contributed by atoms with Crippen LogP contribution in [0.1, 0.15) is 0 Å². The molecule has 0 bridgehead atoms. The van der Waals surface area contributed by atoms with Gasteiger partial charge in [0.25, 0.3) is 0 Å². The van der Waals surface area contributed by atoms with Crippen LogP contribution in [0.25, 0.3) is 0 Å². The molecule has 0 nitrogen and oxygen atoms in total. The summed E-state index contributed by atoms with van der Waals surface area (Å²) in [6.07, 6.45) is 0. The minimum absolute atomic E-state index is 1.91. The molecule has 0 saturated heterocycles. The molecule has 11 heavy (non-hydrogen) atoms. The van der Waals surface area contributed by atoms with Gasteiger partial charge >= 0.3 is 70.4 Å². The molecule has 0 radical (unpaired) electrons. The second-order valence-corrected chi connectivity index (χ2v) is 16.1. The number of hydrogen-bond acceptors (Lipinski definition) is 0. The van der Waals surface area contributed by atoms with Gasteiger partial charge in [0.1, 0.15) is 0 Å². The Morgan fingerprint density at radius 2 is 0.727 bits per heavy atom. The summed E-state index contributed by atoms with van der Waals surface area (Å²) in [7, 11) is 0. The van der Waals surface area contributed by atoms with Gasteiger partial charge in [-0.2, -0.15) is 0 Å². The summed E-state index contributed by atoms with van der Waals surface area (Å²) in [4.78, 5) is 0. The van der Waals surface area contributed by atoms with Gasteiger partial charge in [-0.05, 0) is 0 Å². The van der Waals surface area contributed by atoms with E-state index in [2.05, 4.69) is 32.9 Å². The fourth-order valence-corrected chi connectivity index (χ4v) is 5.00. The predicted molar refractivity (Wildman–Crippen MR) is 56.7 cm³/mol. The fraction of sp³-hybridized carbons (Fsp3) is 0. The van der Waals surface area contributed by atoms with Gasteiger partial charge in [-0.3, -0.25) is 0 Å². The number of hydrogen-bond donors (Lipinski definition) is 0. The second-order valence-electron chi connectivity index (χ2n) is 2.40. The molecule has 0 aliphatic rings. The topological polar surface area (TPSA) is 0 Å². The normalized spacial score (nSPS) is 13.6. The van der Waals surface area contributed by atoms with Gasteiger partial charge in [0.2, 0.25) is 0 Å². The van der Waals surface area contributed by atoms with Crippen LogP contribution < -0.4 is 0 Å². The maximum absolute atomic E-state index is 3.79. The molecule has 0 amide bonds. The standard InChI is InChI=1S/5C2H3.Sb/c5*1-2;/h5*1H,2H2;. The van der Waals surface area contributed by atoms with Crippen molar-refractivity contribution in [2.45, 2.75) is 0 Å². The molecule has 0 fully saturated rings. The molecule has 0 rings (SSSR count). The van der Waals surface area contributed by atoms with Crippen LogP contribution in [0.5, 0.6) is 0 Å². The molecule has 0 saturated carbocycles. The first-order valence-electron chi connectivity index (χ1n) is 3.33. The first kappa shape index (κ1) is 10.5. The Kier molecular flexibility index (Phi) is 3.13. The van der Waals surface area contributed by atoms with Crippen molar-refractivity contribution < 1.29 is 0 Å². The van der Waals surface area contributed by atoms with E-state index in [0.29, 0.717) is 0 Å².